The summed E-state index contributed by atoms with van der Waals surface area (Å²) in [6.45, 7) is 0.956. The molecule has 3 nitrogen and oxygen atoms in total. The standard InChI is InChI=1S/C14H22N2O/c1-15-13(6-7-14-5-3-9-17-14)10-12-4-2-8-16-11-12/h2,4,8,11,13-15H,3,5-7,9-10H2,1H3. The van der Waals surface area contributed by atoms with E-state index in [1.165, 1.54) is 31.2 Å². The van der Waals surface area contributed by atoms with Gasteiger partial charge in [-0.1, -0.05) is 6.07 Å². The van der Waals surface area contributed by atoms with Crippen LogP contribution in [-0.2, 0) is 11.2 Å². The van der Waals surface area contributed by atoms with Crippen LogP contribution in [0.1, 0.15) is 31.2 Å². The summed E-state index contributed by atoms with van der Waals surface area (Å²) in [6, 6.07) is 4.68. The number of ether oxygens (including phenoxy) is 1. The van der Waals surface area contributed by atoms with Crippen LogP contribution in [0.15, 0.2) is 24.5 Å². The van der Waals surface area contributed by atoms with Gasteiger partial charge >= 0.3 is 0 Å². The van der Waals surface area contributed by atoms with Crippen LogP contribution in [0.3, 0.4) is 0 Å². The van der Waals surface area contributed by atoms with Crippen molar-refractivity contribution in [2.45, 2.75) is 44.2 Å². The van der Waals surface area contributed by atoms with E-state index in [1.807, 2.05) is 25.5 Å². The van der Waals surface area contributed by atoms with Gasteiger partial charge in [0.05, 0.1) is 6.10 Å². The molecular formula is C14H22N2O. The van der Waals surface area contributed by atoms with Crippen molar-refractivity contribution in [2.24, 2.45) is 0 Å². The largest absolute Gasteiger partial charge is 0.378 e. The average molecular weight is 234 g/mol. The fourth-order valence-electron chi connectivity index (χ4n) is 2.41. The minimum atomic E-state index is 0.500. The molecule has 1 aliphatic heterocycles. The van der Waals surface area contributed by atoms with Crippen LogP contribution in [0.2, 0.25) is 0 Å². The molecule has 0 saturated carbocycles. The van der Waals surface area contributed by atoms with E-state index in [-0.39, 0.29) is 0 Å². The molecule has 0 aliphatic carbocycles. The van der Waals surface area contributed by atoms with E-state index in [4.69, 9.17) is 4.74 Å². The smallest absolute Gasteiger partial charge is 0.0576 e. The van der Waals surface area contributed by atoms with Gasteiger partial charge in [0.1, 0.15) is 0 Å². The lowest BCUT2D eigenvalue weighted by Crippen LogP contribution is -2.28. The van der Waals surface area contributed by atoms with Crippen LogP contribution in [0.4, 0.5) is 0 Å². The van der Waals surface area contributed by atoms with Gasteiger partial charge in [0, 0.05) is 25.0 Å². The number of aromatic nitrogens is 1. The first-order chi connectivity index (χ1) is 8.38. The number of hydrogen-bond donors (Lipinski definition) is 1. The van der Waals surface area contributed by atoms with E-state index >= 15 is 0 Å². The fraction of sp³-hybridized carbons (Fsp3) is 0.643. The summed E-state index contributed by atoms with van der Waals surface area (Å²) in [5, 5.41) is 3.39. The maximum atomic E-state index is 5.66. The Bertz CT molecular complexity index is 309. The molecule has 1 aromatic heterocycles. The quantitative estimate of drug-likeness (QED) is 0.819. The van der Waals surface area contributed by atoms with Crippen LogP contribution in [0.5, 0.6) is 0 Å². The maximum absolute atomic E-state index is 5.66. The highest BCUT2D eigenvalue weighted by Crippen LogP contribution is 2.18. The highest BCUT2D eigenvalue weighted by Gasteiger charge is 2.17. The second-order valence-electron chi connectivity index (χ2n) is 4.76. The summed E-state index contributed by atoms with van der Waals surface area (Å²) in [5.41, 5.74) is 1.30. The number of hydrogen-bond acceptors (Lipinski definition) is 3. The first kappa shape index (κ1) is 12.5. The number of nitrogens with one attached hydrogen (secondary N) is 1. The third kappa shape index (κ3) is 4.10. The molecule has 0 amide bonds. The number of rotatable bonds is 6. The van der Waals surface area contributed by atoms with Crippen molar-refractivity contribution >= 4 is 0 Å². The Labute approximate surface area is 104 Å². The van der Waals surface area contributed by atoms with E-state index in [2.05, 4.69) is 16.4 Å². The number of nitrogens with zero attached hydrogens (tertiary/aromatic N) is 1. The minimum Gasteiger partial charge on any atom is -0.378 e. The molecule has 17 heavy (non-hydrogen) atoms. The molecule has 3 heteroatoms. The minimum absolute atomic E-state index is 0.500. The van der Waals surface area contributed by atoms with Crippen LogP contribution >= 0.6 is 0 Å². The average Bonchev–Trinajstić information content (AvgIpc) is 2.89. The second-order valence-corrected chi connectivity index (χ2v) is 4.76. The Balaban J connectivity index is 1.76. The first-order valence-electron chi connectivity index (χ1n) is 6.56. The van der Waals surface area contributed by atoms with Crippen LogP contribution in [0.25, 0.3) is 0 Å². The molecule has 0 radical (unpaired) electrons. The summed E-state index contributed by atoms with van der Waals surface area (Å²) in [7, 11) is 2.04. The van der Waals surface area contributed by atoms with Gasteiger partial charge in [-0.3, -0.25) is 4.98 Å². The van der Waals surface area contributed by atoms with Gasteiger partial charge in [-0.05, 0) is 50.8 Å². The van der Waals surface area contributed by atoms with E-state index in [0.717, 1.165) is 13.0 Å². The highest BCUT2D eigenvalue weighted by molar-refractivity contribution is 5.10. The van der Waals surface area contributed by atoms with E-state index in [0.29, 0.717) is 12.1 Å². The van der Waals surface area contributed by atoms with Crippen molar-refractivity contribution < 1.29 is 4.74 Å². The second kappa shape index (κ2) is 6.72. The molecule has 2 unspecified atom stereocenters. The Hall–Kier alpha value is -0.930. The lowest BCUT2D eigenvalue weighted by molar-refractivity contribution is 0.0998. The first-order valence-corrected chi connectivity index (χ1v) is 6.56. The molecule has 1 aromatic rings. The summed E-state index contributed by atoms with van der Waals surface area (Å²) in [5.74, 6) is 0. The molecule has 2 atom stereocenters. The Morgan fingerprint density at radius 2 is 2.53 bits per heavy atom. The summed E-state index contributed by atoms with van der Waals surface area (Å²) in [4.78, 5) is 4.16. The van der Waals surface area contributed by atoms with Crippen molar-refractivity contribution in [1.29, 1.82) is 0 Å². The fourth-order valence-corrected chi connectivity index (χ4v) is 2.41. The molecular weight excluding hydrogens is 212 g/mol. The molecule has 1 aliphatic rings. The van der Waals surface area contributed by atoms with Crippen molar-refractivity contribution in [1.82, 2.24) is 10.3 Å². The third-order valence-corrected chi connectivity index (χ3v) is 3.47. The van der Waals surface area contributed by atoms with Gasteiger partial charge in [0.25, 0.3) is 0 Å². The van der Waals surface area contributed by atoms with Gasteiger partial charge in [0.2, 0.25) is 0 Å². The monoisotopic (exact) mass is 234 g/mol. The van der Waals surface area contributed by atoms with Gasteiger partial charge < -0.3 is 10.1 Å². The molecule has 2 heterocycles. The van der Waals surface area contributed by atoms with Gasteiger partial charge in [-0.15, -0.1) is 0 Å². The van der Waals surface area contributed by atoms with Gasteiger partial charge in [0.15, 0.2) is 0 Å². The third-order valence-electron chi connectivity index (χ3n) is 3.47. The predicted molar refractivity (Wildman–Crippen MR) is 69.0 cm³/mol. The molecule has 0 aromatic carbocycles. The van der Waals surface area contributed by atoms with Crippen LogP contribution < -0.4 is 5.32 Å². The SMILES string of the molecule is CNC(CCC1CCCO1)Cc1cccnc1. The van der Waals surface area contributed by atoms with Crippen LogP contribution in [-0.4, -0.2) is 30.8 Å². The van der Waals surface area contributed by atoms with Crippen molar-refractivity contribution in [3.05, 3.63) is 30.1 Å². The zero-order valence-corrected chi connectivity index (χ0v) is 10.6. The van der Waals surface area contributed by atoms with Gasteiger partial charge in [-0.25, -0.2) is 0 Å². The molecule has 94 valence electrons. The predicted octanol–water partition coefficient (Wildman–Crippen LogP) is 2.17. The molecule has 1 N–H and O–H groups in total. The molecule has 1 fully saturated rings. The highest BCUT2D eigenvalue weighted by atomic mass is 16.5. The topological polar surface area (TPSA) is 34.1 Å². The number of pyridine rings is 1. The molecule has 0 spiro atoms. The Morgan fingerprint density at radius 3 is 3.18 bits per heavy atom. The molecule has 2 rings (SSSR count). The van der Waals surface area contributed by atoms with Crippen molar-refractivity contribution in [3.63, 3.8) is 0 Å². The lowest BCUT2D eigenvalue weighted by atomic mass is 10.0. The van der Waals surface area contributed by atoms with Crippen LogP contribution in [0, 0.1) is 0 Å². The van der Waals surface area contributed by atoms with E-state index in [9.17, 15) is 0 Å². The Kier molecular flexibility index (Phi) is 4.95. The molecule has 1 saturated heterocycles. The number of likely N-dealkylation sites (N-methyl/N-ethyl adjacent to an activating group) is 1. The van der Waals surface area contributed by atoms with E-state index in [1.54, 1.807) is 0 Å². The van der Waals surface area contributed by atoms with Gasteiger partial charge in [-0.2, -0.15) is 0 Å². The lowest BCUT2D eigenvalue weighted by Gasteiger charge is -2.18. The van der Waals surface area contributed by atoms with Crippen molar-refractivity contribution in [3.8, 4) is 0 Å². The zero-order valence-electron chi connectivity index (χ0n) is 10.6. The summed E-state index contributed by atoms with van der Waals surface area (Å²) in [6.07, 6.45) is 10.2. The zero-order chi connectivity index (χ0) is 11.9. The Morgan fingerprint density at radius 1 is 1.59 bits per heavy atom. The summed E-state index contributed by atoms with van der Waals surface area (Å²) < 4.78 is 5.66. The molecule has 0 bridgehead atoms. The van der Waals surface area contributed by atoms with Crippen molar-refractivity contribution in [2.75, 3.05) is 13.7 Å². The normalized spacial score (nSPS) is 21.6. The van der Waals surface area contributed by atoms with E-state index < -0.39 is 0 Å². The maximum Gasteiger partial charge on any atom is 0.0576 e. The summed E-state index contributed by atoms with van der Waals surface area (Å²) >= 11 is 0.